The van der Waals surface area contributed by atoms with Gasteiger partial charge in [0.15, 0.2) is 5.96 Å². The summed E-state index contributed by atoms with van der Waals surface area (Å²) in [6, 6.07) is 8.23. The molecule has 1 aromatic rings. The fraction of sp³-hybridized carbons (Fsp3) is 0.632. The Bertz CT molecular complexity index is 516. The van der Waals surface area contributed by atoms with E-state index in [4.69, 9.17) is 15.2 Å². The summed E-state index contributed by atoms with van der Waals surface area (Å²) in [5.74, 6) is 0.506. The smallest absolute Gasteiger partial charge is 0.188 e. The molecule has 0 spiro atoms. The molecule has 25 heavy (non-hydrogen) atoms. The van der Waals surface area contributed by atoms with Crippen molar-refractivity contribution in [2.75, 3.05) is 46.0 Å². The summed E-state index contributed by atoms with van der Waals surface area (Å²) < 4.78 is 11.0. The highest BCUT2D eigenvalue weighted by molar-refractivity contribution is 5.77. The number of rotatable bonds is 10. The van der Waals surface area contributed by atoms with E-state index in [1.54, 1.807) is 0 Å². The van der Waals surface area contributed by atoms with Crippen LogP contribution in [0.25, 0.3) is 0 Å². The molecule has 0 unspecified atom stereocenters. The van der Waals surface area contributed by atoms with Gasteiger partial charge in [0.1, 0.15) is 0 Å². The number of hydrogen-bond donors (Lipinski definition) is 2. The maximum atomic E-state index is 5.99. The van der Waals surface area contributed by atoms with Crippen molar-refractivity contribution in [3.05, 3.63) is 35.4 Å². The van der Waals surface area contributed by atoms with Gasteiger partial charge in [0.2, 0.25) is 0 Å². The van der Waals surface area contributed by atoms with Crippen LogP contribution in [0.2, 0.25) is 0 Å². The van der Waals surface area contributed by atoms with E-state index in [0.717, 1.165) is 64.4 Å². The van der Waals surface area contributed by atoms with Crippen LogP contribution in [0, 0.1) is 0 Å². The minimum atomic E-state index is 0.506. The average molecular weight is 348 g/mol. The number of hydrogen-bond acceptors (Lipinski definition) is 4. The zero-order chi connectivity index (χ0) is 17.7. The van der Waals surface area contributed by atoms with E-state index in [-0.39, 0.29) is 0 Å². The molecule has 140 valence electrons. The van der Waals surface area contributed by atoms with Crippen molar-refractivity contribution in [3.8, 4) is 0 Å². The van der Waals surface area contributed by atoms with Crippen LogP contribution in [0.5, 0.6) is 0 Å². The first-order valence-corrected chi connectivity index (χ1v) is 9.28. The number of morpholine rings is 1. The Morgan fingerprint density at radius 3 is 2.80 bits per heavy atom. The minimum absolute atomic E-state index is 0.506. The van der Waals surface area contributed by atoms with E-state index in [0.29, 0.717) is 19.1 Å². The third-order valence-electron chi connectivity index (χ3n) is 4.21. The number of nitrogens with two attached hydrogens (primary N) is 1. The number of ether oxygens (including phenoxy) is 2. The van der Waals surface area contributed by atoms with Crippen LogP contribution in [0.15, 0.2) is 29.3 Å². The van der Waals surface area contributed by atoms with Crippen molar-refractivity contribution in [3.63, 3.8) is 0 Å². The van der Waals surface area contributed by atoms with Gasteiger partial charge in [-0.1, -0.05) is 31.2 Å². The Kier molecular flexibility index (Phi) is 9.33. The second-order valence-corrected chi connectivity index (χ2v) is 6.26. The van der Waals surface area contributed by atoms with Crippen molar-refractivity contribution < 1.29 is 9.47 Å². The molecule has 6 heteroatoms. The van der Waals surface area contributed by atoms with Gasteiger partial charge in [0.25, 0.3) is 0 Å². The van der Waals surface area contributed by atoms with Gasteiger partial charge in [-0.05, 0) is 30.5 Å². The molecule has 1 aromatic carbocycles. The first-order valence-electron chi connectivity index (χ1n) is 9.28. The number of benzene rings is 1. The predicted octanol–water partition coefficient (Wildman–Crippen LogP) is 1.74. The lowest BCUT2D eigenvalue weighted by molar-refractivity contribution is 0.0376. The van der Waals surface area contributed by atoms with E-state index in [1.165, 1.54) is 5.56 Å². The number of guanidine groups is 1. The molecule has 0 saturated carbocycles. The Morgan fingerprint density at radius 1 is 1.28 bits per heavy atom. The van der Waals surface area contributed by atoms with Gasteiger partial charge in [-0.25, -0.2) is 4.99 Å². The zero-order valence-corrected chi connectivity index (χ0v) is 15.4. The summed E-state index contributed by atoms with van der Waals surface area (Å²) in [7, 11) is 0. The lowest BCUT2D eigenvalue weighted by atomic mass is 10.1. The summed E-state index contributed by atoms with van der Waals surface area (Å²) in [5.41, 5.74) is 8.33. The van der Waals surface area contributed by atoms with E-state index < -0.39 is 0 Å². The van der Waals surface area contributed by atoms with Crippen LogP contribution in [-0.2, 0) is 22.6 Å². The molecule has 0 bridgehead atoms. The third kappa shape index (κ3) is 7.86. The number of aliphatic imine (C=N–C) groups is 1. The summed E-state index contributed by atoms with van der Waals surface area (Å²) in [6.07, 6.45) is 2.08. The van der Waals surface area contributed by atoms with Gasteiger partial charge in [-0.2, -0.15) is 0 Å². The van der Waals surface area contributed by atoms with Crippen LogP contribution >= 0.6 is 0 Å². The zero-order valence-electron chi connectivity index (χ0n) is 15.4. The number of nitrogens with one attached hydrogen (secondary N) is 1. The molecule has 0 amide bonds. The Labute approximate surface area is 151 Å². The van der Waals surface area contributed by atoms with Crippen LogP contribution in [0.1, 0.15) is 30.9 Å². The van der Waals surface area contributed by atoms with E-state index in [1.807, 2.05) is 12.1 Å². The molecular weight excluding hydrogens is 316 g/mol. The molecule has 0 aliphatic carbocycles. The van der Waals surface area contributed by atoms with E-state index in [2.05, 4.69) is 34.3 Å². The van der Waals surface area contributed by atoms with Crippen LogP contribution in [0.3, 0.4) is 0 Å². The maximum Gasteiger partial charge on any atom is 0.188 e. The van der Waals surface area contributed by atoms with Crippen LogP contribution in [-0.4, -0.2) is 56.9 Å². The molecule has 2 rings (SSSR count). The Morgan fingerprint density at radius 2 is 2.04 bits per heavy atom. The third-order valence-corrected chi connectivity index (χ3v) is 4.21. The van der Waals surface area contributed by atoms with Crippen molar-refractivity contribution in [1.29, 1.82) is 0 Å². The first kappa shape index (κ1) is 19.7. The Balaban J connectivity index is 1.69. The van der Waals surface area contributed by atoms with Crippen molar-refractivity contribution in [1.82, 2.24) is 10.2 Å². The lowest BCUT2D eigenvalue weighted by Gasteiger charge is -2.26. The van der Waals surface area contributed by atoms with E-state index >= 15 is 0 Å². The first-order chi connectivity index (χ1) is 12.3. The van der Waals surface area contributed by atoms with Crippen molar-refractivity contribution in [2.24, 2.45) is 10.7 Å². The highest BCUT2D eigenvalue weighted by atomic mass is 16.5. The quantitative estimate of drug-likeness (QED) is 0.383. The summed E-state index contributed by atoms with van der Waals surface area (Å²) in [4.78, 5) is 6.88. The highest BCUT2D eigenvalue weighted by Gasteiger charge is 2.09. The topological polar surface area (TPSA) is 72.1 Å². The van der Waals surface area contributed by atoms with Crippen molar-refractivity contribution in [2.45, 2.75) is 32.9 Å². The fourth-order valence-corrected chi connectivity index (χ4v) is 2.75. The highest BCUT2D eigenvalue weighted by Crippen LogP contribution is 2.11. The second kappa shape index (κ2) is 11.8. The molecule has 1 aliphatic heterocycles. The van der Waals surface area contributed by atoms with Gasteiger partial charge in [-0.3, -0.25) is 4.90 Å². The Hall–Kier alpha value is -1.63. The summed E-state index contributed by atoms with van der Waals surface area (Å²) >= 11 is 0. The van der Waals surface area contributed by atoms with E-state index in [9.17, 15) is 0 Å². The summed E-state index contributed by atoms with van der Waals surface area (Å²) in [6.45, 7) is 9.76. The maximum absolute atomic E-state index is 5.99. The molecule has 1 heterocycles. The molecule has 1 fully saturated rings. The molecule has 1 saturated heterocycles. The fourth-order valence-electron chi connectivity index (χ4n) is 2.75. The van der Waals surface area contributed by atoms with Gasteiger partial charge in [0, 0.05) is 26.2 Å². The van der Waals surface area contributed by atoms with Crippen LogP contribution < -0.4 is 11.1 Å². The molecule has 1 aliphatic rings. The monoisotopic (exact) mass is 348 g/mol. The SMILES string of the molecule is CCCOCc1ccccc1CN=C(N)NCCCN1CCOCC1. The number of nitrogens with zero attached hydrogens (tertiary/aromatic N) is 2. The standard InChI is InChI=1S/C19H32N4O2/c1-2-12-25-16-18-7-4-3-6-17(18)15-22-19(20)21-8-5-9-23-10-13-24-14-11-23/h3-4,6-7H,2,5,8-16H2,1H3,(H3,20,21,22). The minimum Gasteiger partial charge on any atom is -0.379 e. The lowest BCUT2D eigenvalue weighted by Crippen LogP contribution is -2.39. The molecule has 0 atom stereocenters. The van der Waals surface area contributed by atoms with Gasteiger partial charge >= 0.3 is 0 Å². The molecule has 0 aromatic heterocycles. The normalized spacial score (nSPS) is 16.1. The van der Waals surface area contributed by atoms with Gasteiger partial charge < -0.3 is 20.5 Å². The average Bonchev–Trinajstić information content (AvgIpc) is 2.65. The molecule has 0 radical (unpaired) electrons. The van der Waals surface area contributed by atoms with Crippen LogP contribution in [0.4, 0.5) is 0 Å². The molecule has 6 nitrogen and oxygen atoms in total. The van der Waals surface area contributed by atoms with Gasteiger partial charge in [-0.15, -0.1) is 0 Å². The summed E-state index contributed by atoms with van der Waals surface area (Å²) in [5, 5.41) is 3.20. The largest absolute Gasteiger partial charge is 0.379 e. The second-order valence-electron chi connectivity index (χ2n) is 6.26. The van der Waals surface area contributed by atoms with Gasteiger partial charge in [0.05, 0.1) is 26.4 Å². The predicted molar refractivity (Wildman–Crippen MR) is 102 cm³/mol. The molecule has 3 N–H and O–H groups in total. The molecular formula is C19H32N4O2. The van der Waals surface area contributed by atoms with Crippen molar-refractivity contribution >= 4 is 5.96 Å².